The minimum Gasteiger partial charge on any atom is -0.348 e. The van der Waals surface area contributed by atoms with Crippen LogP contribution < -0.4 is 15.9 Å². The highest BCUT2D eigenvalue weighted by Gasteiger charge is 2.19. The van der Waals surface area contributed by atoms with E-state index in [1.54, 1.807) is 0 Å². The highest BCUT2D eigenvalue weighted by atomic mass is 32.1. The van der Waals surface area contributed by atoms with E-state index >= 15 is 0 Å². The molecule has 186 valence electrons. The number of pyridine rings is 1. The van der Waals surface area contributed by atoms with Crippen LogP contribution in [-0.4, -0.2) is 39.2 Å². The number of nitrogens with zero attached hydrogens (tertiary/aromatic N) is 3. The normalized spacial score (nSPS) is 16.5. The molecule has 0 bridgehead atoms. The highest BCUT2D eigenvalue weighted by Crippen LogP contribution is 2.37. The molecule has 6 nitrogen and oxygen atoms in total. The van der Waals surface area contributed by atoms with Crippen molar-refractivity contribution in [2.45, 2.75) is 20.4 Å². The lowest BCUT2D eigenvalue weighted by atomic mass is 10.0. The van der Waals surface area contributed by atoms with Crippen LogP contribution in [0.25, 0.3) is 34.7 Å². The van der Waals surface area contributed by atoms with Crippen molar-refractivity contribution < 1.29 is 0 Å². The summed E-state index contributed by atoms with van der Waals surface area (Å²) in [5.41, 5.74) is 7.69. The monoisotopic (exact) mass is 506 g/mol. The van der Waals surface area contributed by atoms with Crippen LogP contribution >= 0.6 is 11.3 Å². The summed E-state index contributed by atoms with van der Waals surface area (Å²) in [6, 6.07) is 8.81. The molecule has 0 amide bonds. The Morgan fingerprint density at radius 1 is 1.11 bits per heavy atom. The molecule has 4 aromatic heterocycles. The number of aromatic amines is 2. The smallest absolute Gasteiger partial charge is 0.116 e. The van der Waals surface area contributed by atoms with Gasteiger partial charge in [0.1, 0.15) is 11.5 Å². The second-order valence-corrected chi connectivity index (χ2v) is 11.3. The van der Waals surface area contributed by atoms with Gasteiger partial charge in [-0.1, -0.05) is 25.2 Å². The van der Waals surface area contributed by atoms with Crippen molar-refractivity contribution in [3.8, 4) is 11.4 Å². The van der Waals surface area contributed by atoms with E-state index in [0.29, 0.717) is 0 Å². The lowest BCUT2D eigenvalue weighted by molar-refractivity contribution is 0.402. The van der Waals surface area contributed by atoms with Gasteiger partial charge in [0.25, 0.3) is 0 Å². The number of aryl methyl sites for hydroxylation is 1. The van der Waals surface area contributed by atoms with E-state index in [9.17, 15) is 0 Å². The van der Waals surface area contributed by atoms with Crippen LogP contribution in [0.1, 0.15) is 33.4 Å². The van der Waals surface area contributed by atoms with E-state index in [4.69, 9.17) is 5.10 Å². The van der Waals surface area contributed by atoms with Crippen molar-refractivity contribution in [2.75, 3.05) is 19.4 Å². The zero-order chi connectivity index (χ0) is 25.5. The van der Waals surface area contributed by atoms with Gasteiger partial charge in [-0.3, -0.25) is 10.1 Å². The Hall–Kier alpha value is -3.94. The van der Waals surface area contributed by atoms with Crippen LogP contribution in [0, 0.1) is 12.8 Å². The molecule has 1 atom stereocenters. The molecule has 37 heavy (non-hydrogen) atoms. The zero-order valence-corrected chi connectivity index (χ0v) is 22.3. The second-order valence-electron chi connectivity index (χ2n) is 9.98. The quantitative estimate of drug-likeness (QED) is 0.360. The summed E-state index contributed by atoms with van der Waals surface area (Å²) >= 11 is 1.81. The molecule has 1 aliphatic heterocycles. The SMILES string of the molecule is Cc1ccc(C2=CC=CNc3[nH]c(-c4n[nH]c5c4=CC(c4cncc(CN(C)C)c4)=C[C@H](C)C=5)cc32)s1. The number of nitrogens with one attached hydrogen (secondary N) is 3. The lowest BCUT2D eigenvalue weighted by Gasteiger charge is -2.11. The highest BCUT2D eigenvalue weighted by molar-refractivity contribution is 7.13. The molecule has 0 fully saturated rings. The number of thiophene rings is 1. The summed E-state index contributed by atoms with van der Waals surface area (Å²) in [5, 5.41) is 13.6. The largest absolute Gasteiger partial charge is 0.348 e. The Bertz CT molecular complexity index is 1690. The number of rotatable bonds is 5. The molecule has 0 radical (unpaired) electrons. The van der Waals surface area contributed by atoms with Gasteiger partial charge < -0.3 is 15.2 Å². The summed E-state index contributed by atoms with van der Waals surface area (Å²) in [7, 11) is 4.15. The maximum absolute atomic E-state index is 4.77. The molecule has 3 N–H and O–H groups in total. The molecular weight excluding hydrogens is 476 g/mol. The zero-order valence-electron chi connectivity index (χ0n) is 21.5. The van der Waals surface area contributed by atoms with Gasteiger partial charge in [-0.2, -0.15) is 5.10 Å². The molecule has 1 aliphatic carbocycles. The fourth-order valence-corrected chi connectivity index (χ4v) is 5.89. The fourth-order valence-electron chi connectivity index (χ4n) is 4.99. The molecule has 7 heteroatoms. The van der Waals surface area contributed by atoms with E-state index in [1.807, 2.05) is 29.9 Å². The Balaban J connectivity index is 1.45. The lowest BCUT2D eigenvalue weighted by Crippen LogP contribution is -2.24. The predicted octanol–water partition coefficient (Wildman–Crippen LogP) is 4.90. The molecule has 0 aromatic carbocycles. The van der Waals surface area contributed by atoms with Gasteiger partial charge in [-0.25, -0.2) is 0 Å². The number of fused-ring (bicyclic) bond motifs is 2. The molecule has 2 aliphatic rings. The van der Waals surface area contributed by atoms with E-state index in [2.05, 4.69) is 108 Å². The molecule has 0 spiro atoms. The summed E-state index contributed by atoms with van der Waals surface area (Å²) in [4.78, 5) is 12.8. The van der Waals surface area contributed by atoms with E-state index in [1.165, 1.54) is 20.9 Å². The van der Waals surface area contributed by atoms with E-state index in [-0.39, 0.29) is 5.92 Å². The van der Waals surface area contributed by atoms with Gasteiger partial charge in [0, 0.05) is 56.8 Å². The molecule has 4 aromatic rings. The molecule has 0 unspecified atom stereocenters. The number of hydrogen-bond acceptors (Lipinski definition) is 5. The molecule has 0 saturated heterocycles. The van der Waals surface area contributed by atoms with Gasteiger partial charge in [-0.15, -0.1) is 11.3 Å². The van der Waals surface area contributed by atoms with Crippen molar-refractivity contribution >= 4 is 40.5 Å². The van der Waals surface area contributed by atoms with Crippen LogP contribution in [0.3, 0.4) is 0 Å². The molecule has 6 rings (SSSR count). The fraction of sp³-hybridized carbons (Fsp3) is 0.200. The minimum atomic E-state index is 0.252. The number of aromatic nitrogens is 4. The first-order valence-corrected chi connectivity index (χ1v) is 13.3. The first-order chi connectivity index (χ1) is 17.9. The van der Waals surface area contributed by atoms with Gasteiger partial charge in [0.05, 0.1) is 11.0 Å². The van der Waals surface area contributed by atoms with E-state index < -0.39 is 0 Å². The van der Waals surface area contributed by atoms with Gasteiger partial charge in [0.2, 0.25) is 0 Å². The maximum Gasteiger partial charge on any atom is 0.116 e. The molecule has 5 heterocycles. The third kappa shape index (κ3) is 4.63. The Morgan fingerprint density at radius 3 is 2.81 bits per heavy atom. The maximum atomic E-state index is 4.77. The number of H-pyrrole nitrogens is 2. The summed E-state index contributed by atoms with van der Waals surface area (Å²) in [6.45, 7) is 5.20. The predicted molar refractivity (Wildman–Crippen MR) is 154 cm³/mol. The van der Waals surface area contributed by atoms with Crippen molar-refractivity contribution in [1.82, 2.24) is 25.1 Å². The number of anilines is 1. The first kappa shape index (κ1) is 23.5. The minimum absolute atomic E-state index is 0.252. The summed E-state index contributed by atoms with van der Waals surface area (Å²) in [6.07, 6.45) is 16.9. The third-order valence-electron chi connectivity index (χ3n) is 6.59. The van der Waals surface area contributed by atoms with Gasteiger partial charge >= 0.3 is 0 Å². The van der Waals surface area contributed by atoms with Crippen LogP contribution in [0.5, 0.6) is 0 Å². The third-order valence-corrected chi connectivity index (χ3v) is 7.62. The van der Waals surface area contributed by atoms with Crippen molar-refractivity contribution in [2.24, 2.45) is 5.92 Å². The summed E-state index contributed by atoms with van der Waals surface area (Å²) in [5.74, 6) is 1.22. The van der Waals surface area contributed by atoms with Crippen molar-refractivity contribution in [1.29, 1.82) is 0 Å². The van der Waals surface area contributed by atoms with E-state index in [0.717, 1.165) is 51.0 Å². The van der Waals surface area contributed by atoms with Crippen molar-refractivity contribution in [3.05, 3.63) is 98.1 Å². The van der Waals surface area contributed by atoms with Crippen molar-refractivity contribution in [3.63, 3.8) is 0 Å². The average Bonchev–Trinajstić information content (AvgIpc) is 3.52. The summed E-state index contributed by atoms with van der Waals surface area (Å²) < 4.78 is 0. The number of allylic oxidation sites excluding steroid dienone is 4. The van der Waals surface area contributed by atoms with Crippen LogP contribution in [-0.2, 0) is 6.54 Å². The van der Waals surface area contributed by atoms with Crippen LogP contribution in [0.15, 0.2) is 61.1 Å². The molecule has 0 saturated carbocycles. The average molecular weight is 507 g/mol. The van der Waals surface area contributed by atoms with Crippen LogP contribution in [0.4, 0.5) is 5.82 Å². The second kappa shape index (κ2) is 9.50. The molecular formula is C30H30N6S. The van der Waals surface area contributed by atoms with Gasteiger partial charge in [-0.05, 0) is 74.5 Å². The Labute approximate surface area is 220 Å². The first-order valence-electron chi connectivity index (χ1n) is 12.5. The Morgan fingerprint density at radius 2 is 2.00 bits per heavy atom. The van der Waals surface area contributed by atoms with Gasteiger partial charge in [0.15, 0.2) is 0 Å². The number of hydrogen-bond donors (Lipinski definition) is 3. The topological polar surface area (TPSA) is 72.6 Å². The van der Waals surface area contributed by atoms with Crippen LogP contribution in [0.2, 0.25) is 0 Å². The Kier molecular flexibility index (Phi) is 6.02. The standard InChI is InChI=1S/C30H30N6S/c1-18-10-21(22-12-20(15-31-16-22)17-36(3)4)13-25-26(11-18)34-35-29(25)27-14-24-23(28-8-7-19(2)37-28)6-5-9-32-30(24)33-27/h5-16,18,32-34H,17H2,1-4H3/t18-/m0/s1.